The lowest BCUT2D eigenvalue weighted by Crippen LogP contribution is -2.74. The second kappa shape index (κ2) is 14.5. The number of fused-ring (bicyclic) bond motifs is 2. The van der Waals surface area contributed by atoms with E-state index >= 15 is 0 Å². The molecule has 58 heavy (non-hydrogen) atoms. The van der Waals surface area contributed by atoms with Gasteiger partial charge in [-0.05, 0) is 53.9 Å². The Balaban J connectivity index is 0.815. The maximum absolute atomic E-state index is 13.4. The third kappa shape index (κ3) is 6.73. The lowest BCUT2D eigenvalue weighted by atomic mass is 9.49. The number of piperazine rings is 1. The molecule has 2 saturated heterocycles. The number of nitriles is 1. The molecule has 6 amide bonds. The van der Waals surface area contributed by atoms with E-state index in [0.29, 0.717) is 61.3 Å². The Hall–Kier alpha value is -5.85. The molecule has 8 rings (SSSR count). The van der Waals surface area contributed by atoms with Gasteiger partial charge in [0.1, 0.15) is 29.7 Å². The highest BCUT2D eigenvalue weighted by molar-refractivity contribution is 6.31. The number of imide groups is 2. The van der Waals surface area contributed by atoms with Crippen molar-refractivity contribution in [1.82, 2.24) is 30.3 Å². The quantitative estimate of drug-likeness (QED) is 0.319. The van der Waals surface area contributed by atoms with Gasteiger partial charge in [0, 0.05) is 68.6 Å². The molecular weight excluding hydrogens is 764 g/mol. The molecule has 4 aliphatic heterocycles. The van der Waals surface area contributed by atoms with Crippen LogP contribution in [0.1, 0.15) is 88.4 Å². The number of carbonyl (C=O) groups is 6. The normalized spacial score (nSPS) is 23.4. The Morgan fingerprint density at radius 1 is 0.948 bits per heavy atom. The number of nitrogens with one attached hydrogen (secondary N) is 2. The third-order valence-electron chi connectivity index (χ3n) is 12.3. The van der Waals surface area contributed by atoms with Crippen LogP contribution >= 0.6 is 11.6 Å². The van der Waals surface area contributed by atoms with E-state index in [2.05, 4.69) is 31.5 Å². The van der Waals surface area contributed by atoms with E-state index in [1.807, 2.05) is 33.8 Å². The summed E-state index contributed by atoms with van der Waals surface area (Å²) in [6, 6.07) is 12.7. The fourth-order valence-corrected chi connectivity index (χ4v) is 9.72. The lowest BCUT2D eigenvalue weighted by molar-refractivity contribution is -0.164. The van der Waals surface area contributed by atoms with Crippen LogP contribution in [0.25, 0.3) is 0 Å². The fourth-order valence-electron chi connectivity index (χ4n) is 9.51. The molecule has 1 unspecified atom stereocenters. The van der Waals surface area contributed by atoms with Crippen LogP contribution in [-0.4, -0.2) is 106 Å². The number of amides is 6. The average molecular weight is 807 g/mol. The van der Waals surface area contributed by atoms with Crippen molar-refractivity contribution >= 4 is 52.7 Å². The summed E-state index contributed by atoms with van der Waals surface area (Å²) in [6.45, 7) is 11.7. The summed E-state index contributed by atoms with van der Waals surface area (Å²) in [5, 5.41) is 14.9. The van der Waals surface area contributed by atoms with Gasteiger partial charge in [0.05, 0.1) is 40.1 Å². The highest BCUT2D eigenvalue weighted by atomic mass is 35.5. The van der Waals surface area contributed by atoms with Gasteiger partial charge in [0.15, 0.2) is 0 Å². The van der Waals surface area contributed by atoms with Gasteiger partial charge >= 0.3 is 0 Å². The molecule has 0 spiro atoms. The van der Waals surface area contributed by atoms with Crippen molar-refractivity contribution in [2.75, 3.05) is 37.6 Å². The van der Waals surface area contributed by atoms with Crippen LogP contribution in [0, 0.1) is 22.2 Å². The largest absolute Gasteiger partial charge is 0.489 e. The topological polar surface area (TPSA) is 185 Å². The number of carbonyl (C=O) groups excluding carboxylic acids is 6. The third-order valence-corrected chi connectivity index (χ3v) is 12.7. The molecule has 3 fully saturated rings. The lowest BCUT2D eigenvalue weighted by Gasteiger charge is -2.63. The standard InChI is InChI=1S/C42H43ClN8O7/c1-41(2)39(42(3,4)40(41)58-27-7-5-23(18-44)30(43)17-27)47-35(54)31-8-6-26(19-45-31)49-13-11-48(12-14-49)22-34(53)50-20-24-15-28-29(16-25(24)21-50)38(57)51(37(28)56)32-9-10-33(52)46-36(32)55/h5-8,15-17,19,32,39-40H,9-14,20-22H2,1-4H3,(H,47,54)(H,46,52,55)/t32?,39-,40-. The number of hydrogen-bond acceptors (Lipinski definition) is 11. The van der Waals surface area contributed by atoms with Crippen molar-refractivity contribution in [3.8, 4) is 11.8 Å². The number of piperidine rings is 1. The van der Waals surface area contributed by atoms with Crippen LogP contribution in [0.15, 0.2) is 48.7 Å². The molecule has 1 atom stereocenters. The Bertz CT molecular complexity index is 2250. The van der Waals surface area contributed by atoms with E-state index in [1.54, 1.807) is 47.5 Å². The van der Waals surface area contributed by atoms with Crippen LogP contribution in [0.5, 0.6) is 5.75 Å². The van der Waals surface area contributed by atoms with Gasteiger partial charge in [0.25, 0.3) is 17.7 Å². The van der Waals surface area contributed by atoms with Gasteiger partial charge in [-0.2, -0.15) is 5.26 Å². The van der Waals surface area contributed by atoms with Crippen molar-refractivity contribution in [2.24, 2.45) is 10.8 Å². The number of hydrogen-bond donors (Lipinski definition) is 2. The second-order valence-corrected chi connectivity index (χ2v) is 17.2. The first-order valence-electron chi connectivity index (χ1n) is 19.3. The van der Waals surface area contributed by atoms with Crippen molar-refractivity contribution in [2.45, 2.75) is 71.8 Å². The Morgan fingerprint density at radius 2 is 1.60 bits per heavy atom. The van der Waals surface area contributed by atoms with E-state index in [-0.39, 0.29) is 54.5 Å². The predicted octanol–water partition coefficient (Wildman–Crippen LogP) is 3.28. The highest BCUT2D eigenvalue weighted by Gasteiger charge is 2.64. The molecule has 3 aromatic rings. The smallest absolute Gasteiger partial charge is 0.270 e. The molecule has 1 aliphatic carbocycles. The number of rotatable bonds is 8. The monoisotopic (exact) mass is 806 g/mol. The first-order chi connectivity index (χ1) is 27.6. The molecule has 300 valence electrons. The molecule has 0 radical (unpaired) electrons. The first-order valence-corrected chi connectivity index (χ1v) is 19.7. The minimum Gasteiger partial charge on any atom is -0.489 e. The zero-order chi connectivity index (χ0) is 41.3. The van der Waals surface area contributed by atoms with E-state index in [9.17, 15) is 34.0 Å². The van der Waals surface area contributed by atoms with Crippen LogP contribution in [-0.2, 0) is 27.5 Å². The molecule has 5 heterocycles. The van der Waals surface area contributed by atoms with Crippen LogP contribution in [0.2, 0.25) is 5.02 Å². The number of ether oxygens (including phenoxy) is 1. The Kier molecular flexibility index (Phi) is 9.76. The maximum Gasteiger partial charge on any atom is 0.270 e. The summed E-state index contributed by atoms with van der Waals surface area (Å²) in [4.78, 5) is 88.9. The zero-order valence-corrected chi connectivity index (χ0v) is 33.4. The molecule has 16 heteroatoms. The number of aromatic nitrogens is 1. The van der Waals surface area contributed by atoms with Gasteiger partial charge in [-0.1, -0.05) is 39.3 Å². The predicted molar refractivity (Wildman–Crippen MR) is 210 cm³/mol. The van der Waals surface area contributed by atoms with Crippen molar-refractivity contribution in [3.05, 3.63) is 87.2 Å². The number of halogens is 1. The molecule has 1 saturated carbocycles. The summed E-state index contributed by atoms with van der Waals surface area (Å²) in [6.07, 6.45) is 1.61. The Morgan fingerprint density at radius 3 is 2.17 bits per heavy atom. The van der Waals surface area contributed by atoms with Crippen LogP contribution < -0.4 is 20.3 Å². The first kappa shape index (κ1) is 39.0. The number of benzene rings is 2. The number of nitrogens with zero attached hydrogens (tertiary/aromatic N) is 6. The van der Waals surface area contributed by atoms with Gasteiger partial charge in [0.2, 0.25) is 17.7 Å². The number of pyridine rings is 1. The molecule has 15 nitrogen and oxygen atoms in total. The van der Waals surface area contributed by atoms with E-state index in [1.165, 1.54) is 0 Å². The molecule has 0 bridgehead atoms. The summed E-state index contributed by atoms with van der Waals surface area (Å²) >= 11 is 6.23. The maximum atomic E-state index is 13.4. The Labute approximate surface area is 340 Å². The van der Waals surface area contributed by atoms with Gasteiger partial charge in [-0.3, -0.25) is 43.9 Å². The van der Waals surface area contributed by atoms with E-state index in [0.717, 1.165) is 21.7 Å². The minimum absolute atomic E-state index is 0.0508. The number of anilines is 1. The molecule has 5 aliphatic rings. The van der Waals surface area contributed by atoms with Gasteiger partial charge in [-0.15, -0.1) is 0 Å². The minimum atomic E-state index is -1.03. The summed E-state index contributed by atoms with van der Waals surface area (Å²) in [7, 11) is 0. The SMILES string of the molecule is CC1(C)[C@H](NC(=O)c2ccc(N3CCN(CC(=O)N4Cc5cc6c(cc5C4)C(=O)N(C4CCC(=O)NC4=O)C6=O)CC3)cn2)C(C)(C)[C@H]1Oc1ccc(C#N)c(Cl)c1. The summed E-state index contributed by atoms with van der Waals surface area (Å²) in [5.41, 5.74) is 2.73. The van der Waals surface area contributed by atoms with Crippen molar-refractivity contribution in [3.63, 3.8) is 0 Å². The van der Waals surface area contributed by atoms with E-state index < -0.39 is 40.5 Å². The van der Waals surface area contributed by atoms with Gasteiger partial charge in [-0.25, -0.2) is 4.98 Å². The highest BCUT2D eigenvalue weighted by Crippen LogP contribution is 2.55. The van der Waals surface area contributed by atoms with Gasteiger partial charge < -0.3 is 19.9 Å². The van der Waals surface area contributed by atoms with Crippen molar-refractivity contribution in [1.29, 1.82) is 5.26 Å². The summed E-state index contributed by atoms with van der Waals surface area (Å²) in [5.74, 6) is -1.98. The van der Waals surface area contributed by atoms with Crippen molar-refractivity contribution < 1.29 is 33.5 Å². The molecule has 2 N–H and O–H groups in total. The van der Waals surface area contributed by atoms with Crippen LogP contribution in [0.4, 0.5) is 5.69 Å². The van der Waals surface area contributed by atoms with Crippen LogP contribution in [0.3, 0.4) is 0 Å². The molecular formula is C42H43ClN8O7. The molecule has 2 aromatic carbocycles. The second-order valence-electron chi connectivity index (χ2n) is 16.8. The van der Waals surface area contributed by atoms with E-state index in [4.69, 9.17) is 16.3 Å². The fraction of sp³-hybridized carbons (Fsp3) is 0.429. The average Bonchev–Trinajstić information content (AvgIpc) is 3.72. The zero-order valence-electron chi connectivity index (χ0n) is 32.6. The molecule has 1 aromatic heterocycles. The summed E-state index contributed by atoms with van der Waals surface area (Å²) < 4.78 is 6.34.